The van der Waals surface area contributed by atoms with Crippen molar-refractivity contribution in [1.29, 1.82) is 5.26 Å². The van der Waals surface area contributed by atoms with Crippen LogP contribution in [0.3, 0.4) is 0 Å². The first-order valence-corrected chi connectivity index (χ1v) is 5.57. The molecule has 4 heteroatoms. The number of hydrogen-bond donors (Lipinski definition) is 0. The van der Waals surface area contributed by atoms with Crippen molar-refractivity contribution in [3.8, 4) is 6.07 Å². The molecule has 0 radical (unpaired) electrons. The van der Waals surface area contributed by atoms with Gasteiger partial charge in [-0.3, -0.25) is 4.79 Å². The van der Waals surface area contributed by atoms with E-state index in [2.05, 4.69) is 6.07 Å². The minimum atomic E-state index is -0.183. The van der Waals surface area contributed by atoms with Crippen LogP contribution in [0.4, 0.5) is 5.69 Å². The summed E-state index contributed by atoms with van der Waals surface area (Å²) in [4.78, 5) is 13.5. The highest BCUT2D eigenvalue weighted by atomic mass is 16.5. The molecule has 0 aliphatic carbocycles. The summed E-state index contributed by atoms with van der Waals surface area (Å²) in [6, 6.07) is 9.81. The quantitative estimate of drug-likeness (QED) is 0.776. The molecule has 1 amide bonds. The molecule has 4 nitrogen and oxygen atoms in total. The minimum absolute atomic E-state index is 0.0477. The van der Waals surface area contributed by atoms with Gasteiger partial charge in [-0.05, 0) is 18.6 Å². The Kier molecular flexibility index (Phi) is 3.40. The van der Waals surface area contributed by atoms with E-state index >= 15 is 0 Å². The normalized spacial score (nSPS) is 20.1. The highest BCUT2D eigenvalue weighted by Crippen LogP contribution is 2.23. The molecule has 1 saturated heterocycles. The fourth-order valence-corrected chi connectivity index (χ4v) is 1.95. The number of carbonyl (C=O) groups excluding carboxylic acids is 1. The van der Waals surface area contributed by atoms with Gasteiger partial charge < -0.3 is 9.64 Å². The van der Waals surface area contributed by atoms with Gasteiger partial charge in [0.2, 0.25) is 0 Å². The largest absolute Gasteiger partial charge is 0.365 e. The third-order valence-corrected chi connectivity index (χ3v) is 2.85. The van der Waals surface area contributed by atoms with E-state index in [4.69, 9.17) is 10.00 Å². The van der Waals surface area contributed by atoms with Crippen molar-refractivity contribution in [3.63, 3.8) is 0 Å². The van der Waals surface area contributed by atoms with Crippen LogP contribution in [-0.2, 0) is 9.53 Å². The van der Waals surface area contributed by atoms with Crippen molar-refractivity contribution in [1.82, 2.24) is 0 Å². The van der Waals surface area contributed by atoms with E-state index in [-0.39, 0.29) is 18.6 Å². The Balaban J connectivity index is 2.22. The van der Waals surface area contributed by atoms with Gasteiger partial charge in [0.05, 0.1) is 25.1 Å². The van der Waals surface area contributed by atoms with Crippen molar-refractivity contribution >= 4 is 11.6 Å². The molecule has 0 saturated carbocycles. The van der Waals surface area contributed by atoms with Gasteiger partial charge in [-0.15, -0.1) is 0 Å². The third kappa shape index (κ3) is 2.45. The number of benzene rings is 1. The van der Waals surface area contributed by atoms with Crippen LogP contribution >= 0.6 is 0 Å². The highest BCUT2D eigenvalue weighted by molar-refractivity contribution is 5.95. The summed E-state index contributed by atoms with van der Waals surface area (Å²) in [5, 5.41) is 8.66. The molecule has 1 atom stereocenters. The van der Waals surface area contributed by atoms with E-state index in [0.29, 0.717) is 13.0 Å². The Labute approximate surface area is 100 Å². The zero-order valence-electron chi connectivity index (χ0n) is 9.72. The lowest BCUT2D eigenvalue weighted by Crippen LogP contribution is -2.46. The van der Waals surface area contributed by atoms with Crippen molar-refractivity contribution in [3.05, 3.63) is 29.8 Å². The fourth-order valence-electron chi connectivity index (χ4n) is 1.95. The molecule has 0 N–H and O–H groups in total. The lowest BCUT2D eigenvalue weighted by Gasteiger charge is -2.32. The first kappa shape index (κ1) is 11.6. The summed E-state index contributed by atoms with van der Waals surface area (Å²) in [6.45, 7) is 2.48. The maximum Gasteiger partial charge on any atom is 0.253 e. The number of ether oxygens (including phenoxy) is 1. The lowest BCUT2D eigenvalue weighted by molar-refractivity contribution is -0.129. The summed E-state index contributed by atoms with van der Waals surface area (Å²) in [5.74, 6) is -0.0477. The molecule has 0 aromatic heterocycles. The molecule has 1 fully saturated rings. The second kappa shape index (κ2) is 4.98. The van der Waals surface area contributed by atoms with Crippen molar-refractivity contribution < 1.29 is 9.53 Å². The lowest BCUT2D eigenvalue weighted by atomic mass is 10.1. The molecule has 1 aliphatic rings. The van der Waals surface area contributed by atoms with Crippen LogP contribution < -0.4 is 4.90 Å². The molecule has 0 bridgehead atoms. The van der Waals surface area contributed by atoms with Gasteiger partial charge in [-0.2, -0.15) is 5.26 Å². The first-order valence-electron chi connectivity index (χ1n) is 5.57. The topological polar surface area (TPSA) is 53.3 Å². The van der Waals surface area contributed by atoms with Gasteiger partial charge in [0, 0.05) is 5.69 Å². The molecular formula is C13H14N2O2. The van der Waals surface area contributed by atoms with Crippen molar-refractivity contribution in [2.45, 2.75) is 19.4 Å². The summed E-state index contributed by atoms with van der Waals surface area (Å²) in [5.41, 5.74) is 1.96. The summed E-state index contributed by atoms with van der Waals surface area (Å²) in [6.07, 6.45) is 0.132. The Morgan fingerprint density at radius 2 is 2.29 bits per heavy atom. The molecule has 0 spiro atoms. The van der Waals surface area contributed by atoms with E-state index in [0.717, 1.165) is 11.3 Å². The number of aryl methyl sites for hydroxylation is 1. The number of nitrogens with zero attached hydrogens (tertiary/aromatic N) is 2. The Morgan fingerprint density at radius 1 is 1.53 bits per heavy atom. The third-order valence-electron chi connectivity index (χ3n) is 2.85. The molecule has 1 aromatic carbocycles. The monoisotopic (exact) mass is 230 g/mol. The van der Waals surface area contributed by atoms with Crippen LogP contribution in [0.25, 0.3) is 0 Å². The van der Waals surface area contributed by atoms with Gasteiger partial charge in [0.1, 0.15) is 6.61 Å². The number of amides is 1. The molecule has 2 rings (SSSR count). The van der Waals surface area contributed by atoms with Crippen molar-refractivity contribution in [2.75, 3.05) is 18.1 Å². The first-order chi connectivity index (χ1) is 8.22. The highest BCUT2D eigenvalue weighted by Gasteiger charge is 2.27. The second-order valence-electron chi connectivity index (χ2n) is 4.09. The van der Waals surface area contributed by atoms with Crippen LogP contribution in [-0.4, -0.2) is 25.2 Å². The number of para-hydroxylation sites is 1. The summed E-state index contributed by atoms with van der Waals surface area (Å²) >= 11 is 0. The van der Waals surface area contributed by atoms with Crippen LogP contribution in [0.15, 0.2) is 24.3 Å². The average molecular weight is 230 g/mol. The minimum Gasteiger partial charge on any atom is -0.365 e. The second-order valence-corrected chi connectivity index (χ2v) is 4.09. The van der Waals surface area contributed by atoms with E-state index in [1.54, 1.807) is 4.90 Å². The zero-order valence-corrected chi connectivity index (χ0v) is 9.72. The predicted molar refractivity (Wildman–Crippen MR) is 63.5 cm³/mol. The summed E-state index contributed by atoms with van der Waals surface area (Å²) in [7, 11) is 0. The van der Waals surface area contributed by atoms with Gasteiger partial charge in [0.25, 0.3) is 5.91 Å². The van der Waals surface area contributed by atoms with Crippen LogP contribution in [0.2, 0.25) is 0 Å². The Morgan fingerprint density at radius 3 is 3.00 bits per heavy atom. The Hall–Kier alpha value is -1.86. The molecule has 1 aliphatic heterocycles. The van der Waals surface area contributed by atoms with Gasteiger partial charge in [-0.25, -0.2) is 0 Å². The number of rotatable bonds is 2. The number of anilines is 1. The zero-order chi connectivity index (χ0) is 12.3. The fraction of sp³-hybridized carbons (Fsp3) is 0.385. The van der Waals surface area contributed by atoms with Gasteiger partial charge in [0.15, 0.2) is 0 Å². The Bertz CT molecular complexity index is 465. The number of nitriles is 1. The number of carbonyl (C=O) groups is 1. The maximum atomic E-state index is 11.8. The van der Waals surface area contributed by atoms with E-state index in [1.165, 1.54) is 0 Å². The average Bonchev–Trinajstić information content (AvgIpc) is 2.33. The summed E-state index contributed by atoms with van der Waals surface area (Å²) < 4.78 is 5.31. The van der Waals surface area contributed by atoms with Crippen molar-refractivity contribution in [2.24, 2.45) is 0 Å². The smallest absolute Gasteiger partial charge is 0.253 e. The standard InChI is InChI=1S/C13H14N2O2/c1-10-4-2-3-5-12(10)15-8-11(6-7-14)17-9-13(15)16/h2-5,11H,6,8-9H2,1H3. The molecule has 88 valence electrons. The van der Waals surface area contributed by atoms with E-state index in [9.17, 15) is 4.79 Å². The van der Waals surface area contributed by atoms with Gasteiger partial charge in [-0.1, -0.05) is 18.2 Å². The van der Waals surface area contributed by atoms with Gasteiger partial charge >= 0.3 is 0 Å². The molecule has 1 aromatic rings. The molecular weight excluding hydrogens is 216 g/mol. The maximum absolute atomic E-state index is 11.8. The van der Waals surface area contributed by atoms with E-state index in [1.807, 2.05) is 31.2 Å². The van der Waals surface area contributed by atoms with Crippen LogP contribution in [0.1, 0.15) is 12.0 Å². The number of morpholine rings is 1. The predicted octanol–water partition coefficient (Wildman–Crippen LogP) is 1.64. The molecule has 17 heavy (non-hydrogen) atoms. The molecule has 1 heterocycles. The van der Waals surface area contributed by atoms with Crippen LogP contribution in [0, 0.1) is 18.3 Å². The number of hydrogen-bond acceptors (Lipinski definition) is 3. The van der Waals surface area contributed by atoms with E-state index < -0.39 is 0 Å². The SMILES string of the molecule is Cc1ccccc1N1CC(CC#N)OCC1=O. The van der Waals surface area contributed by atoms with Crippen LogP contribution in [0.5, 0.6) is 0 Å². The molecule has 1 unspecified atom stereocenters.